The third-order valence-electron chi connectivity index (χ3n) is 5.50. The number of hydrogen-bond acceptors (Lipinski definition) is 1. The van der Waals surface area contributed by atoms with Crippen molar-refractivity contribution in [1.82, 2.24) is 9.47 Å². The second kappa shape index (κ2) is 10.5. The van der Waals surface area contributed by atoms with Crippen LogP contribution >= 0.6 is 0 Å². The molecule has 0 radical (unpaired) electrons. The van der Waals surface area contributed by atoms with Gasteiger partial charge in [0.15, 0.2) is 0 Å². The quantitative estimate of drug-likeness (QED) is 0.317. The molecule has 0 aliphatic rings. The highest BCUT2D eigenvalue weighted by Gasteiger charge is 2.14. The van der Waals surface area contributed by atoms with Gasteiger partial charge in [-0.3, -0.25) is 4.79 Å². The second-order valence-corrected chi connectivity index (χ2v) is 8.04. The van der Waals surface area contributed by atoms with E-state index in [-0.39, 0.29) is 5.91 Å². The molecule has 0 saturated heterocycles. The largest absolute Gasteiger partial charge is 0.345 e. The van der Waals surface area contributed by atoms with E-state index in [1.807, 2.05) is 59.5 Å². The van der Waals surface area contributed by atoms with Gasteiger partial charge < -0.3 is 9.47 Å². The zero-order valence-corrected chi connectivity index (χ0v) is 18.4. The number of hydrogen-bond donors (Lipinski definition) is 0. The Hall–Kier alpha value is -3.85. The Bertz CT molecular complexity index is 1160. The molecule has 3 heteroatoms. The van der Waals surface area contributed by atoms with Crippen molar-refractivity contribution in [3.63, 3.8) is 0 Å². The molecule has 0 N–H and O–H groups in total. The summed E-state index contributed by atoms with van der Waals surface area (Å²) in [5.74, 6) is 0.000733. The molecule has 32 heavy (non-hydrogen) atoms. The van der Waals surface area contributed by atoms with Crippen LogP contribution in [-0.4, -0.2) is 15.4 Å². The maximum atomic E-state index is 13.2. The predicted octanol–water partition coefficient (Wildman–Crippen LogP) is 6.09. The lowest BCUT2D eigenvalue weighted by Crippen LogP contribution is -2.29. The fraction of sp³-hybridized carbons (Fsp3) is 0.138. The number of aromatic nitrogens is 1. The molecule has 4 rings (SSSR count). The van der Waals surface area contributed by atoms with Gasteiger partial charge in [0.1, 0.15) is 0 Å². The standard InChI is InChI=1S/C29H28N2O/c1-24-14-16-27(17-15-24)21-30-20-8-13-28(30)23-31(22-26-11-6-3-7-12-26)29(32)19-18-25-9-4-2-5-10-25/h2-20H,21-23H2,1H3/b19-18+. The molecule has 0 saturated carbocycles. The summed E-state index contributed by atoms with van der Waals surface area (Å²) in [7, 11) is 0. The minimum absolute atomic E-state index is 0.000733. The highest BCUT2D eigenvalue weighted by Crippen LogP contribution is 2.15. The molecular weight excluding hydrogens is 392 g/mol. The van der Waals surface area contributed by atoms with E-state index in [9.17, 15) is 4.79 Å². The van der Waals surface area contributed by atoms with Gasteiger partial charge in [-0.15, -0.1) is 0 Å². The Balaban J connectivity index is 1.54. The summed E-state index contributed by atoms with van der Waals surface area (Å²) in [6.07, 6.45) is 5.64. The molecule has 0 aliphatic carbocycles. The zero-order chi connectivity index (χ0) is 22.2. The van der Waals surface area contributed by atoms with Crippen LogP contribution in [0.5, 0.6) is 0 Å². The molecule has 0 fully saturated rings. The lowest BCUT2D eigenvalue weighted by molar-refractivity contribution is -0.127. The number of benzene rings is 3. The third-order valence-corrected chi connectivity index (χ3v) is 5.50. The van der Waals surface area contributed by atoms with Crippen molar-refractivity contribution in [2.24, 2.45) is 0 Å². The third kappa shape index (κ3) is 5.86. The molecule has 1 amide bonds. The SMILES string of the molecule is Cc1ccc(Cn2cccc2CN(Cc2ccccc2)C(=O)/C=C/c2ccccc2)cc1. The summed E-state index contributed by atoms with van der Waals surface area (Å²) < 4.78 is 2.22. The molecule has 4 aromatic rings. The molecule has 0 aliphatic heterocycles. The first-order chi connectivity index (χ1) is 15.7. The van der Waals surface area contributed by atoms with Crippen molar-refractivity contribution in [1.29, 1.82) is 0 Å². The van der Waals surface area contributed by atoms with Crippen LogP contribution in [0.3, 0.4) is 0 Å². The van der Waals surface area contributed by atoms with Crippen molar-refractivity contribution >= 4 is 12.0 Å². The van der Waals surface area contributed by atoms with Crippen LogP contribution in [0.2, 0.25) is 0 Å². The Labute approximate surface area is 190 Å². The highest BCUT2D eigenvalue weighted by atomic mass is 16.2. The highest BCUT2D eigenvalue weighted by molar-refractivity contribution is 5.91. The molecule has 0 atom stereocenters. The summed E-state index contributed by atoms with van der Waals surface area (Å²) >= 11 is 0. The molecule has 3 aromatic carbocycles. The first kappa shape index (κ1) is 21.4. The molecule has 1 aromatic heterocycles. The molecule has 1 heterocycles. The van der Waals surface area contributed by atoms with Gasteiger partial charge in [-0.2, -0.15) is 0 Å². The number of amides is 1. The van der Waals surface area contributed by atoms with E-state index in [0.29, 0.717) is 13.1 Å². The molecular formula is C29H28N2O. The van der Waals surface area contributed by atoms with Crippen molar-refractivity contribution in [3.8, 4) is 0 Å². The molecule has 3 nitrogen and oxygen atoms in total. The number of aryl methyl sites for hydroxylation is 1. The smallest absolute Gasteiger partial charge is 0.247 e. The van der Waals surface area contributed by atoms with E-state index >= 15 is 0 Å². The van der Waals surface area contributed by atoms with Crippen molar-refractivity contribution in [3.05, 3.63) is 137 Å². The Kier molecular flexibility index (Phi) is 6.98. The summed E-state index contributed by atoms with van der Waals surface area (Å²) in [5.41, 5.74) is 5.75. The van der Waals surface area contributed by atoms with Crippen LogP contribution in [0.25, 0.3) is 6.08 Å². The average Bonchev–Trinajstić information content (AvgIpc) is 3.26. The van der Waals surface area contributed by atoms with Gasteiger partial charge in [0, 0.05) is 31.1 Å². The van der Waals surface area contributed by atoms with Crippen LogP contribution in [0.15, 0.2) is 109 Å². The van der Waals surface area contributed by atoms with E-state index in [4.69, 9.17) is 0 Å². The summed E-state index contributed by atoms with van der Waals surface area (Å²) in [4.78, 5) is 15.1. The van der Waals surface area contributed by atoms with Gasteiger partial charge in [-0.1, -0.05) is 90.5 Å². The lowest BCUT2D eigenvalue weighted by atomic mass is 10.1. The maximum absolute atomic E-state index is 13.2. The van der Waals surface area contributed by atoms with Crippen molar-refractivity contribution in [2.45, 2.75) is 26.6 Å². The number of carbonyl (C=O) groups excluding carboxylic acids is 1. The normalized spacial score (nSPS) is 11.0. The Morgan fingerprint density at radius 3 is 2.19 bits per heavy atom. The molecule has 0 unspecified atom stereocenters. The van der Waals surface area contributed by atoms with E-state index < -0.39 is 0 Å². The van der Waals surface area contributed by atoms with Crippen LogP contribution in [0.4, 0.5) is 0 Å². The molecule has 160 valence electrons. The molecule has 0 spiro atoms. The van der Waals surface area contributed by atoms with Crippen LogP contribution < -0.4 is 0 Å². The zero-order valence-electron chi connectivity index (χ0n) is 18.4. The first-order valence-electron chi connectivity index (χ1n) is 10.9. The first-order valence-corrected chi connectivity index (χ1v) is 10.9. The van der Waals surface area contributed by atoms with Gasteiger partial charge in [-0.05, 0) is 41.8 Å². The van der Waals surface area contributed by atoms with Gasteiger partial charge in [0.25, 0.3) is 0 Å². The van der Waals surface area contributed by atoms with Gasteiger partial charge >= 0.3 is 0 Å². The Morgan fingerprint density at radius 1 is 0.781 bits per heavy atom. The molecule has 0 bridgehead atoms. The van der Waals surface area contributed by atoms with Gasteiger partial charge in [0.05, 0.1) is 6.54 Å². The van der Waals surface area contributed by atoms with Crippen LogP contribution in [0, 0.1) is 6.92 Å². The maximum Gasteiger partial charge on any atom is 0.247 e. The van der Waals surface area contributed by atoms with Gasteiger partial charge in [-0.25, -0.2) is 0 Å². The van der Waals surface area contributed by atoms with Crippen LogP contribution in [-0.2, 0) is 24.4 Å². The number of nitrogens with zero attached hydrogens (tertiary/aromatic N) is 2. The van der Waals surface area contributed by atoms with Crippen LogP contribution in [0.1, 0.15) is 27.9 Å². The minimum atomic E-state index is 0.000733. The monoisotopic (exact) mass is 420 g/mol. The van der Waals surface area contributed by atoms with Crippen molar-refractivity contribution in [2.75, 3.05) is 0 Å². The predicted molar refractivity (Wildman–Crippen MR) is 131 cm³/mol. The van der Waals surface area contributed by atoms with E-state index in [1.165, 1.54) is 11.1 Å². The second-order valence-electron chi connectivity index (χ2n) is 8.04. The van der Waals surface area contributed by atoms with Gasteiger partial charge in [0.2, 0.25) is 5.91 Å². The Morgan fingerprint density at radius 2 is 1.47 bits per heavy atom. The number of carbonyl (C=O) groups is 1. The number of rotatable bonds is 8. The lowest BCUT2D eigenvalue weighted by Gasteiger charge is -2.23. The van der Waals surface area contributed by atoms with E-state index in [0.717, 1.165) is 23.4 Å². The summed E-state index contributed by atoms with van der Waals surface area (Å²) in [6, 6.07) is 32.8. The van der Waals surface area contributed by atoms with E-state index in [2.05, 4.69) is 66.2 Å². The average molecular weight is 421 g/mol. The minimum Gasteiger partial charge on any atom is -0.345 e. The topological polar surface area (TPSA) is 25.2 Å². The fourth-order valence-electron chi connectivity index (χ4n) is 3.69. The van der Waals surface area contributed by atoms with E-state index in [1.54, 1.807) is 6.08 Å². The summed E-state index contributed by atoms with van der Waals surface area (Å²) in [5, 5.41) is 0. The fourth-order valence-corrected chi connectivity index (χ4v) is 3.69. The summed E-state index contributed by atoms with van der Waals surface area (Å²) in [6.45, 7) is 4.00. The van der Waals surface area contributed by atoms with Crippen molar-refractivity contribution < 1.29 is 4.79 Å².